The first kappa shape index (κ1) is 21.5. The molecular formula is C24H28ClN5O. The quantitative estimate of drug-likeness (QED) is 0.633. The van der Waals surface area contributed by atoms with E-state index in [9.17, 15) is 4.79 Å². The third-order valence-corrected chi connectivity index (χ3v) is 6.06. The minimum atomic E-state index is -0.226. The number of aryl methyl sites for hydroxylation is 2. The molecule has 0 bridgehead atoms. The second-order valence-electron chi connectivity index (χ2n) is 8.16. The summed E-state index contributed by atoms with van der Waals surface area (Å²) >= 11 is 6.30. The molecule has 1 N–H and O–H groups in total. The van der Waals surface area contributed by atoms with Crippen molar-refractivity contribution in [1.82, 2.24) is 25.0 Å². The van der Waals surface area contributed by atoms with Crippen LogP contribution in [0.3, 0.4) is 0 Å². The van der Waals surface area contributed by atoms with Crippen LogP contribution in [0.25, 0.3) is 5.82 Å². The van der Waals surface area contributed by atoms with E-state index in [0.717, 1.165) is 50.3 Å². The topological polar surface area (TPSA) is 63.1 Å². The van der Waals surface area contributed by atoms with Gasteiger partial charge in [-0.2, -0.15) is 5.10 Å². The van der Waals surface area contributed by atoms with Gasteiger partial charge in [-0.05, 0) is 56.9 Å². The van der Waals surface area contributed by atoms with Crippen LogP contribution in [0.4, 0.5) is 0 Å². The lowest BCUT2D eigenvalue weighted by Gasteiger charge is -2.32. The SMILES string of the molecule is Cc1cc(C)n(-c2ccc(Cl)c(C(=O)NC3CCN(CCc4ccccc4)CC3)n2)n1. The molecule has 1 aliphatic rings. The fourth-order valence-corrected chi connectivity index (χ4v) is 4.25. The smallest absolute Gasteiger partial charge is 0.271 e. The number of carbonyl (C=O) groups is 1. The fraction of sp³-hybridized carbons (Fsp3) is 0.375. The summed E-state index contributed by atoms with van der Waals surface area (Å²) in [4.78, 5) is 19.9. The molecule has 6 nitrogen and oxygen atoms in total. The molecule has 1 aromatic carbocycles. The normalized spacial score (nSPS) is 15.2. The van der Waals surface area contributed by atoms with Crippen LogP contribution in [-0.4, -0.2) is 51.2 Å². The third kappa shape index (κ3) is 5.32. The molecule has 1 fully saturated rings. The lowest BCUT2D eigenvalue weighted by molar-refractivity contribution is 0.0906. The number of aromatic nitrogens is 3. The number of piperidine rings is 1. The molecule has 0 saturated carbocycles. The number of halogens is 1. The monoisotopic (exact) mass is 437 g/mol. The minimum absolute atomic E-state index is 0.135. The second-order valence-corrected chi connectivity index (χ2v) is 8.57. The summed E-state index contributed by atoms with van der Waals surface area (Å²) in [5, 5.41) is 7.92. The number of nitrogens with one attached hydrogen (secondary N) is 1. The highest BCUT2D eigenvalue weighted by atomic mass is 35.5. The number of hydrogen-bond donors (Lipinski definition) is 1. The number of nitrogens with zero attached hydrogens (tertiary/aromatic N) is 4. The molecule has 2 aromatic heterocycles. The zero-order valence-corrected chi connectivity index (χ0v) is 18.8. The number of benzene rings is 1. The number of hydrogen-bond acceptors (Lipinski definition) is 4. The predicted octanol–water partition coefficient (Wildman–Crippen LogP) is 3.97. The van der Waals surface area contributed by atoms with Crippen LogP contribution in [0.2, 0.25) is 5.02 Å². The Kier molecular flexibility index (Phi) is 6.68. The molecule has 1 aliphatic heterocycles. The van der Waals surface area contributed by atoms with Gasteiger partial charge in [0.05, 0.1) is 10.7 Å². The van der Waals surface area contributed by atoms with Gasteiger partial charge in [0.2, 0.25) is 0 Å². The fourth-order valence-electron chi connectivity index (χ4n) is 4.06. The number of rotatable bonds is 6. The maximum Gasteiger partial charge on any atom is 0.271 e. The van der Waals surface area contributed by atoms with Crippen molar-refractivity contribution in [3.8, 4) is 5.82 Å². The molecule has 0 aliphatic carbocycles. The van der Waals surface area contributed by atoms with E-state index in [4.69, 9.17) is 11.6 Å². The molecule has 0 atom stereocenters. The van der Waals surface area contributed by atoms with Gasteiger partial charge in [-0.25, -0.2) is 9.67 Å². The molecule has 0 unspecified atom stereocenters. The van der Waals surface area contributed by atoms with Gasteiger partial charge in [0.1, 0.15) is 5.69 Å². The third-order valence-electron chi connectivity index (χ3n) is 5.76. The van der Waals surface area contributed by atoms with E-state index in [-0.39, 0.29) is 17.6 Å². The summed E-state index contributed by atoms with van der Waals surface area (Å²) in [6.45, 7) is 6.89. The van der Waals surface area contributed by atoms with Gasteiger partial charge in [0.25, 0.3) is 5.91 Å². The van der Waals surface area contributed by atoms with E-state index in [0.29, 0.717) is 10.8 Å². The van der Waals surface area contributed by atoms with Crippen molar-refractivity contribution in [3.63, 3.8) is 0 Å². The Hall–Kier alpha value is -2.70. The first-order valence-corrected chi connectivity index (χ1v) is 11.1. The number of pyridine rings is 1. The predicted molar refractivity (Wildman–Crippen MR) is 123 cm³/mol. The van der Waals surface area contributed by atoms with E-state index in [2.05, 4.69) is 44.6 Å². The molecule has 3 aromatic rings. The van der Waals surface area contributed by atoms with Gasteiger partial charge in [-0.3, -0.25) is 4.79 Å². The Morgan fingerprint density at radius 3 is 2.55 bits per heavy atom. The Bertz CT molecular complexity index is 1040. The van der Waals surface area contributed by atoms with Crippen LogP contribution in [-0.2, 0) is 6.42 Å². The Morgan fingerprint density at radius 2 is 1.87 bits per heavy atom. The summed E-state index contributed by atoms with van der Waals surface area (Å²) in [5.41, 5.74) is 3.47. The lowest BCUT2D eigenvalue weighted by Crippen LogP contribution is -2.45. The molecule has 0 radical (unpaired) electrons. The van der Waals surface area contributed by atoms with E-state index in [1.807, 2.05) is 26.0 Å². The largest absolute Gasteiger partial charge is 0.348 e. The maximum atomic E-state index is 12.9. The van der Waals surface area contributed by atoms with Gasteiger partial charge in [0, 0.05) is 31.4 Å². The number of carbonyl (C=O) groups excluding carboxylic acids is 1. The highest BCUT2D eigenvalue weighted by Crippen LogP contribution is 2.19. The Labute approximate surface area is 188 Å². The zero-order valence-electron chi connectivity index (χ0n) is 18.0. The summed E-state index contributed by atoms with van der Waals surface area (Å²) in [7, 11) is 0. The van der Waals surface area contributed by atoms with Crippen LogP contribution >= 0.6 is 11.6 Å². The van der Waals surface area contributed by atoms with Crippen molar-refractivity contribution in [2.45, 2.75) is 39.2 Å². The van der Waals surface area contributed by atoms with Crippen molar-refractivity contribution >= 4 is 17.5 Å². The van der Waals surface area contributed by atoms with Crippen LogP contribution in [0.5, 0.6) is 0 Å². The molecule has 4 rings (SSSR count). The van der Waals surface area contributed by atoms with Gasteiger partial charge in [-0.15, -0.1) is 0 Å². The van der Waals surface area contributed by atoms with E-state index >= 15 is 0 Å². The van der Waals surface area contributed by atoms with Crippen LogP contribution in [0.1, 0.15) is 40.3 Å². The van der Waals surface area contributed by atoms with Crippen molar-refractivity contribution in [2.75, 3.05) is 19.6 Å². The van der Waals surface area contributed by atoms with Gasteiger partial charge in [-0.1, -0.05) is 41.9 Å². The average molecular weight is 438 g/mol. The molecule has 7 heteroatoms. The second kappa shape index (κ2) is 9.62. The number of amides is 1. The summed E-state index contributed by atoms with van der Waals surface area (Å²) in [6.07, 6.45) is 2.90. The first-order valence-electron chi connectivity index (χ1n) is 10.8. The summed E-state index contributed by atoms with van der Waals surface area (Å²) in [6, 6.07) is 16.2. The highest BCUT2D eigenvalue weighted by Gasteiger charge is 2.23. The van der Waals surface area contributed by atoms with E-state index < -0.39 is 0 Å². The lowest BCUT2D eigenvalue weighted by atomic mass is 10.0. The Morgan fingerprint density at radius 1 is 1.13 bits per heavy atom. The average Bonchev–Trinajstić information content (AvgIpc) is 3.12. The van der Waals surface area contributed by atoms with Crippen molar-refractivity contribution in [3.05, 3.63) is 76.2 Å². The molecular weight excluding hydrogens is 410 g/mol. The van der Waals surface area contributed by atoms with Crippen LogP contribution < -0.4 is 5.32 Å². The van der Waals surface area contributed by atoms with E-state index in [1.54, 1.807) is 16.8 Å². The summed E-state index contributed by atoms with van der Waals surface area (Å²) in [5.74, 6) is 0.368. The van der Waals surface area contributed by atoms with Gasteiger partial charge >= 0.3 is 0 Å². The molecule has 1 amide bonds. The van der Waals surface area contributed by atoms with Crippen molar-refractivity contribution in [2.24, 2.45) is 0 Å². The van der Waals surface area contributed by atoms with Gasteiger partial charge in [0.15, 0.2) is 5.82 Å². The highest BCUT2D eigenvalue weighted by molar-refractivity contribution is 6.33. The molecule has 1 saturated heterocycles. The van der Waals surface area contributed by atoms with Gasteiger partial charge < -0.3 is 10.2 Å². The number of likely N-dealkylation sites (tertiary alicyclic amines) is 1. The summed E-state index contributed by atoms with van der Waals surface area (Å²) < 4.78 is 1.73. The van der Waals surface area contributed by atoms with Crippen LogP contribution in [0, 0.1) is 13.8 Å². The maximum absolute atomic E-state index is 12.9. The van der Waals surface area contributed by atoms with Crippen molar-refractivity contribution < 1.29 is 4.79 Å². The minimum Gasteiger partial charge on any atom is -0.348 e. The van der Waals surface area contributed by atoms with Crippen LogP contribution in [0.15, 0.2) is 48.5 Å². The molecule has 0 spiro atoms. The Balaban J connectivity index is 1.34. The zero-order chi connectivity index (χ0) is 21.8. The first-order chi connectivity index (χ1) is 15.0. The van der Waals surface area contributed by atoms with Crippen molar-refractivity contribution in [1.29, 1.82) is 0 Å². The molecule has 3 heterocycles. The standard InChI is InChI=1S/C24H28ClN5O/c1-17-16-18(2)30(28-17)22-9-8-21(25)23(27-22)24(31)26-20-11-14-29(15-12-20)13-10-19-6-4-3-5-7-19/h3-9,16,20H,10-15H2,1-2H3,(H,26,31). The molecule has 31 heavy (non-hydrogen) atoms. The molecule has 162 valence electrons. The van der Waals surface area contributed by atoms with E-state index in [1.165, 1.54) is 5.56 Å².